The van der Waals surface area contributed by atoms with Crippen molar-refractivity contribution < 1.29 is 9.18 Å². The zero-order chi connectivity index (χ0) is 17.6. The van der Waals surface area contributed by atoms with Crippen LogP contribution >= 0.6 is 47.0 Å². The lowest BCUT2D eigenvalue weighted by Crippen LogP contribution is -2.56. The van der Waals surface area contributed by atoms with Gasteiger partial charge in [-0.3, -0.25) is 4.79 Å². The van der Waals surface area contributed by atoms with Gasteiger partial charge in [-0.25, -0.2) is 4.39 Å². The van der Waals surface area contributed by atoms with E-state index in [4.69, 9.17) is 47.0 Å². The second-order valence-corrected chi connectivity index (χ2v) is 8.02. The number of benzene rings is 1. The van der Waals surface area contributed by atoms with Gasteiger partial charge in [-0.15, -0.1) is 0 Å². The van der Waals surface area contributed by atoms with Crippen LogP contribution in [-0.2, 0) is 4.79 Å². The molecule has 23 heavy (non-hydrogen) atoms. The van der Waals surface area contributed by atoms with Gasteiger partial charge in [0.1, 0.15) is 12.0 Å². The molecule has 0 aliphatic heterocycles. The highest BCUT2D eigenvalue weighted by atomic mass is 35.6. The van der Waals surface area contributed by atoms with E-state index in [1.807, 2.05) is 13.8 Å². The van der Waals surface area contributed by atoms with Gasteiger partial charge in [0.25, 0.3) is 0 Å². The Kier molecular flexibility index (Phi) is 7.80. The summed E-state index contributed by atoms with van der Waals surface area (Å²) in [5.41, 5.74) is 0.556. The largest absolute Gasteiger partial charge is 0.339 e. The summed E-state index contributed by atoms with van der Waals surface area (Å²) in [6.07, 6.45) is -0.726. The Morgan fingerprint density at radius 1 is 1.22 bits per heavy atom. The molecule has 1 amide bonds. The Bertz CT molecular complexity index is 549. The zero-order valence-electron chi connectivity index (χ0n) is 12.5. The van der Waals surface area contributed by atoms with Crippen LogP contribution < -0.4 is 16.0 Å². The predicted molar refractivity (Wildman–Crippen MR) is 97.4 cm³/mol. The van der Waals surface area contributed by atoms with Crippen LogP contribution in [0.25, 0.3) is 0 Å². The molecule has 1 aromatic rings. The summed E-state index contributed by atoms with van der Waals surface area (Å²) in [5.74, 6) is -0.474. The van der Waals surface area contributed by atoms with Gasteiger partial charge >= 0.3 is 0 Å². The third-order valence-electron chi connectivity index (χ3n) is 2.60. The van der Waals surface area contributed by atoms with Crippen molar-refractivity contribution in [1.82, 2.24) is 10.6 Å². The lowest BCUT2D eigenvalue weighted by Gasteiger charge is -2.28. The number of alkyl halides is 3. The molecule has 4 nitrogen and oxygen atoms in total. The van der Waals surface area contributed by atoms with Crippen LogP contribution in [0.4, 0.5) is 10.1 Å². The molecule has 0 aromatic heterocycles. The molecule has 0 heterocycles. The highest BCUT2D eigenvalue weighted by Gasteiger charge is 2.34. The van der Waals surface area contributed by atoms with E-state index in [-0.39, 0.29) is 29.2 Å². The maximum atomic E-state index is 12.9. The number of nitrogens with one attached hydrogen (secondary N) is 3. The van der Waals surface area contributed by atoms with Gasteiger partial charge in [-0.05, 0) is 42.4 Å². The molecule has 0 spiro atoms. The summed E-state index contributed by atoms with van der Waals surface area (Å²) in [4.78, 5) is 11.9. The molecular weight excluding hydrogens is 384 g/mol. The molecule has 128 valence electrons. The average molecular weight is 401 g/mol. The standard InChI is InChI=1S/C14H17Cl3FN3OS/c1-8(2)7-11(22)20-12(14(15,16)17)21-13(23)19-10-5-3-9(18)4-6-10/h3-6,8,12H,7H2,1-2H3,(H,20,22)(H2,19,21,23)/t12-/m0/s1. The second kappa shape index (κ2) is 8.87. The fourth-order valence-corrected chi connectivity index (χ4v) is 2.18. The summed E-state index contributed by atoms with van der Waals surface area (Å²) < 4.78 is 11.1. The van der Waals surface area contributed by atoms with E-state index in [2.05, 4.69) is 16.0 Å². The van der Waals surface area contributed by atoms with E-state index in [0.29, 0.717) is 5.69 Å². The Labute approximate surface area is 155 Å². The molecule has 0 fully saturated rings. The summed E-state index contributed by atoms with van der Waals surface area (Å²) >= 11 is 22.7. The van der Waals surface area contributed by atoms with Crippen LogP contribution in [-0.4, -0.2) is 21.0 Å². The molecule has 3 N–H and O–H groups in total. The number of hydrogen-bond donors (Lipinski definition) is 3. The molecule has 0 saturated heterocycles. The molecule has 1 rings (SSSR count). The van der Waals surface area contributed by atoms with Crippen molar-refractivity contribution in [1.29, 1.82) is 0 Å². The lowest BCUT2D eigenvalue weighted by molar-refractivity contribution is -0.122. The third-order valence-corrected chi connectivity index (χ3v) is 3.48. The minimum absolute atomic E-state index is 0.123. The summed E-state index contributed by atoms with van der Waals surface area (Å²) in [6.45, 7) is 3.80. The molecular formula is C14H17Cl3FN3OS. The Hall–Kier alpha value is -0.820. The number of thiocarbonyl (C=S) groups is 1. The molecule has 1 aromatic carbocycles. The maximum Gasteiger partial charge on any atom is 0.228 e. The first-order chi connectivity index (χ1) is 10.6. The van der Waals surface area contributed by atoms with E-state index in [1.165, 1.54) is 24.3 Å². The predicted octanol–water partition coefficient (Wildman–Crippen LogP) is 3.97. The van der Waals surface area contributed by atoms with Crippen molar-refractivity contribution in [3.05, 3.63) is 30.1 Å². The number of carbonyl (C=O) groups is 1. The highest BCUT2D eigenvalue weighted by molar-refractivity contribution is 7.80. The van der Waals surface area contributed by atoms with E-state index in [9.17, 15) is 9.18 Å². The first-order valence-corrected chi connectivity index (χ1v) is 8.31. The number of anilines is 1. The van der Waals surface area contributed by atoms with E-state index in [1.54, 1.807) is 0 Å². The van der Waals surface area contributed by atoms with Crippen LogP contribution in [0.3, 0.4) is 0 Å². The highest BCUT2D eigenvalue weighted by Crippen LogP contribution is 2.29. The normalized spacial score (nSPS) is 12.7. The van der Waals surface area contributed by atoms with E-state index in [0.717, 1.165) is 0 Å². The van der Waals surface area contributed by atoms with Gasteiger partial charge in [0.2, 0.25) is 9.70 Å². The molecule has 0 aliphatic rings. The number of carbonyl (C=O) groups excluding carboxylic acids is 1. The third kappa shape index (κ3) is 8.01. The molecule has 0 bridgehead atoms. The molecule has 0 saturated carbocycles. The topological polar surface area (TPSA) is 53.2 Å². The lowest BCUT2D eigenvalue weighted by atomic mass is 10.1. The quantitative estimate of drug-likeness (QED) is 0.398. The van der Waals surface area contributed by atoms with Crippen molar-refractivity contribution in [3.63, 3.8) is 0 Å². The minimum atomic E-state index is -1.80. The zero-order valence-corrected chi connectivity index (χ0v) is 15.6. The van der Waals surface area contributed by atoms with Crippen molar-refractivity contribution in [2.24, 2.45) is 5.92 Å². The van der Waals surface area contributed by atoms with Gasteiger partial charge in [-0.2, -0.15) is 0 Å². The van der Waals surface area contributed by atoms with Crippen molar-refractivity contribution in [3.8, 4) is 0 Å². The Morgan fingerprint density at radius 2 is 1.78 bits per heavy atom. The van der Waals surface area contributed by atoms with Gasteiger partial charge in [-0.1, -0.05) is 48.7 Å². The van der Waals surface area contributed by atoms with Gasteiger partial charge in [0.05, 0.1) is 0 Å². The van der Waals surface area contributed by atoms with Crippen LogP contribution in [0.2, 0.25) is 0 Å². The first kappa shape index (κ1) is 20.2. The van der Waals surface area contributed by atoms with Crippen LogP contribution in [0.15, 0.2) is 24.3 Å². The molecule has 9 heteroatoms. The van der Waals surface area contributed by atoms with Crippen molar-refractivity contribution in [2.75, 3.05) is 5.32 Å². The van der Waals surface area contributed by atoms with E-state index >= 15 is 0 Å². The number of amides is 1. The van der Waals surface area contributed by atoms with Gasteiger partial charge < -0.3 is 16.0 Å². The second-order valence-electron chi connectivity index (χ2n) is 5.25. The average Bonchev–Trinajstić information content (AvgIpc) is 2.38. The maximum absolute atomic E-state index is 12.9. The monoisotopic (exact) mass is 399 g/mol. The summed E-state index contributed by atoms with van der Waals surface area (Å²) in [6, 6.07) is 5.57. The number of halogens is 4. The van der Waals surface area contributed by atoms with Crippen LogP contribution in [0, 0.1) is 11.7 Å². The Balaban J connectivity index is 2.67. The van der Waals surface area contributed by atoms with Crippen LogP contribution in [0.1, 0.15) is 20.3 Å². The fraction of sp³-hybridized carbons (Fsp3) is 0.429. The molecule has 0 unspecified atom stereocenters. The number of rotatable bonds is 5. The van der Waals surface area contributed by atoms with Gasteiger partial charge in [0, 0.05) is 12.1 Å². The first-order valence-electron chi connectivity index (χ1n) is 6.77. The summed E-state index contributed by atoms with van der Waals surface area (Å²) in [5, 5.41) is 8.24. The summed E-state index contributed by atoms with van der Waals surface area (Å²) in [7, 11) is 0. The SMILES string of the molecule is CC(C)CC(=O)N[C@@H](NC(=S)Nc1ccc(F)cc1)C(Cl)(Cl)Cl. The molecule has 1 atom stereocenters. The van der Waals surface area contributed by atoms with Crippen molar-refractivity contribution in [2.45, 2.75) is 30.2 Å². The Morgan fingerprint density at radius 3 is 2.26 bits per heavy atom. The smallest absolute Gasteiger partial charge is 0.228 e. The molecule has 0 radical (unpaired) electrons. The van der Waals surface area contributed by atoms with E-state index < -0.39 is 9.96 Å². The minimum Gasteiger partial charge on any atom is -0.339 e. The van der Waals surface area contributed by atoms with Crippen LogP contribution in [0.5, 0.6) is 0 Å². The molecule has 0 aliphatic carbocycles. The van der Waals surface area contributed by atoms with Crippen molar-refractivity contribution >= 4 is 63.7 Å². The van der Waals surface area contributed by atoms with Gasteiger partial charge in [0.15, 0.2) is 5.11 Å². The fourth-order valence-electron chi connectivity index (χ4n) is 1.62. The number of hydrogen-bond acceptors (Lipinski definition) is 2.